The zero-order chi connectivity index (χ0) is 18.4. The summed E-state index contributed by atoms with van der Waals surface area (Å²) < 4.78 is 79.3. The van der Waals surface area contributed by atoms with Crippen molar-refractivity contribution in [3.05, 3.63) is 41.5 Å². The van der Waals surface area contributed by atoms with E-state index in [9.17, 15) is 26.3 Å². The number of nitrogens with zero attached hydrogens (tertiary/aromatic N) is 3. The van der Waals surface area contributed by atoms with E-state index in [1.165, 1.54) is 25.1 Å². The van der Waals surface area contributed by atoms with Crippen molar-refractivity contribution in [2.24, 2.45) is 10.2 Å². The molecule has 0 saturated heterocycles. The number of hydrazone groups is 2. The number of ether oxygens (including phenoxy) is 1. The van der Waals surface area contributed by atoms with Crippen LogP contribution in [0.4, 0.5) is 26.3 Å². The van der Waals surface area contributed by atoms with Crippen LogP contribution in [-0.4, -0.2) is 35.3 Å². The van der Waals surface area contributed by atoms with Crippen molar-refractivity contribution in [3.8, 4) is 5.75 Å². The molecule has 1 aromatic carbocycles. The molecule has 0 aromatic heterocycles. The van der Waals surface area contributed by atoms with E-state index < -0.39 is 30.3 Å². The van der Waals surface area contributed by atoms with E-state index in [0.717, 1.165) is 12.1 Å². The fourth-order valence-corrected chi connectivity index (χ4v) is 2.39. The van der Waals surface area contributed by atoms with Crippen LogP contribution in [0.2, 0.25) is 0 Å². The van der Waals surface area contributed by atoms with Crippen LogP contribution in [0.1, 0.15) is 11.1 Å². The van der Waals surface area contributed by atoms with Crippen LogP contribution in [0.3, 0.4) is 0 Å². The van der Waals surface area contributed by atoms with Gasteiger partial charge in [-0.3, -0.25) is 5.43 Å². The Bertz CT molecular complexity index is 781. The molecule has 0 aliphatic carbocycles. The number of hydrogen-bond acceptors (Lipinski definition) is 5. The lowest BCUT2D eigenvalue weighted by Crippen LogP contribution is -2.43. The quantitative estimate of drug-likeness (QED) is 0.820. The second kappa shape index (κ2) is 5.67. The average Bonchev–Trinajstić information content (AvgIpc) is 2.88. The lowest BCUT2D eigenvalue weighted by molar-refractivity contribution is -0.274. The molecule has 1 aromatic rings. The Balaban J connectivity index is 1.90. The number of benzene rings is 1. The number of aryl methyl sites for hydroxylation is 1. The molecule has 2 heterocycles. The molecule has 25 heavy (non-hydrogen) atoms. The fourth-order valence-electron chi connectivity index (χ4n) is 2.39. The third-order valence-electron chi connectivity index (χ3n) is 3.40. The van der Waals surface area contributed by atoms with Gasteiger partial charge in [0.2, 0.25) is 0 Å². The number of nitrogens with one attached hydrogen (secondary N) is 1. The monoisotopic (exact) mass is 364 g/mol. The molecule has 0 saturated carbocycles. The first-order chi connectivity index (χ1) is 11.5. The molecule has 134 valence electrons. The van der Waals surface area contributed by atoms with Crippen molar-refractivity contribution >= 4 is 11.5 Å². The van der Waals surface area contributed by atoms with E-state index in [-0.39, 0.29) is 5.71 Å². The highest BCUT2D eigenvalue weighted by Crippen LogP contribution is 2.29. The van der Waals surface area contributed by atoms with Crippen molar-refractivity contribution in [3.63, 3.8) is 0 Å². The van der Waals surface area contributed by atoms with Gasteiger partial charge >= 0.3 is 12.5 Å². The normalized spacial score (nSPS) is 20.0. The van der Waals surface area contributed by atoms with E-state index in [1.807, 2.05) is 0 Å². The van der Waals surface area contributed by atoms with E-state index in [4.69, 9.17) is 0 Å². The predicted octanol–water partition coefficient (Wildman–Crippen LogP) is 3.27. The number of fused-ring (bicyclic) bond motifs is 1. The first-order valence-electron chi connectivity index (χ1n) is 6.88. The highest BCUT2D eigenvalue weighted by atomic mass is 19.4. The molecule has 1 N–H and O–H groups in total. The Kier molecular flexibility index (Phi) is 3.88. The number of amidine groups is 1. The lowest BCUT2D eigenvalue weighted by Gasteiger charge is -2.25. The third-order valence-corrected chi connectivity index (χ3v) is 3.40. The smallest absolute Gasteiger partial charge is 0.406 e. The summed E-state index contributed by atoms with van der Waals surface area (Å²) in [6, 6.07) is 3.50. The maximum absolute atomic E-state index is 12.9. The van der Waals surface area contributed by atoms with Crippen LogP contribution < -0.4 is 10.2 Å². The second-order valence-electron chi connectivity index (χ2n) is 5.22. The maximum atomic E-state index is 12.9. The van der Waals surface area contributed by atoms with Gasteiger partial charge in [-0.2, -0.15) is 23.4 Å². The number of hydrogen-bond donors (Lipinski definition) is 1. The minimum absolute atomic E-state index is 0.160. The summed E-state index contributed by atoms with van der Waals surface area (Å²) in [4.78, 5) is 0. The van der Waals surface area contributed by atoms with Gasteiger partial charge in [-0.25, -0.2) is 5.01 Å². The number of allylic oxidation sites excluding steroid dienone is 1. The van der Waals surface area contributed by atoms with Crippen molar-refractivity contribution in [1.29, 1.82) is 0 Å². The SMILES string of the molecule is Cc1cc(OC(F)(F)F)ccc1C1=NN2C(C(F)(F)F)=NNC2C=C1. The predicted molar refractivity (Wildman–Crippen MR) is 75.8 cm³/mol. The molecular formula is C14H10F6N4O. The van der Waals surface area contributed by atoms with Gasteiger partial charge in [-0.1, -0.05) is 0 Å². The molecule has 2 aliphatic rings. The minimum atomic E-state index is -4.83. The molecule has 0 radical (unpaired) electrons. The molecule has 0 spiro atoms. The van der Waals surface area contributed by atoms with Gasteiger partial charge in [0.15, 0.2) is 6.17 Å². The van der Waals surface area contributed by atoms with E-state index in [0.29, 0.717) is 16.1 Å². The van der Waals surface area contributed by atoms with Crippen LogP contribution in [-0.2, 0) is 0 Å². The molecule has 0 bridgehead atoms. The molecule has 3 rings (SSSR count). The molecule has 11 heteroatoms. The fraction of sp³-hybridized carbons (Fsp3) is 0.286. The van der Waals surface area contributed by atoms with Gasteiger partial charge in [-0.05, 0) is 42.8 Å². The van der Waals surface area contributed by atoms with Gasteiger partial charge in [-0.15, -0.1) is 13.2 Å². The summed E-state index contributed by atoms with van der Waals surface area (Å²) in [7, 11) is 0. The zero-order valence-corrected chi connectivity index (χ0v) is 12.5. The van der Waals surface area contributed by atoms with Crippen molar-refractivity contribution in [1.82, 2.24) is 10.4 Å². The largest absolute Gasteiger partial charge is 0.573 e. The first-order valence-corrected chi connectivity index (χ1v) is 6.88. The maximum Gasteiger partial charge on any atom is 0.573 e. The van der Waals surface area contributed by atoms with Gasteiger partial charge in [0.05, 0.1) is 5.71 Å². The Morgan fingerprint density at radius 2 is 1.88 bits per heavy atom. The molecule has 1 unspecified atom stereocenters. The van der Waals surface area contributed by atoms with Gasteiger partial charge in [0.25, 0.3) is 5.84 Å². The summed E-state index contributed by atoms with van der Waals surface area (Å²) in [5, 5.41) is 7.81. The molecule has 1 atom stereocenters. The Morgan fingerprint density at radius 3 is 2.48 bits per heavy atom. The summed E-state index contributed by atoms with van der Waals surface area (Å²) >= 11 is 0. The standard InChI is InChI=1S/C14H10F6N4O/c1-7-6-8(25-14(18,19)20)2-3-9(7)10-4-5-11-21-22-12(13(15,16)17)24(11)23-10/h2-6,11,21H,1H3. The van der Waals surface area contributed by atoms with Crippen LogP contribution in [0, 0.1) is 6.92 Å². The van der Waals surface area contributed by atoms with Crippen molar-refractivity contribution in [2.45, 2.75) is 25.6 Å². The lowest BCUT2D eigenvalue weighted by atomic mass is 10.0. The van der Waals surface area contributed by atoms with E-state index in [2.05, 4.69) is 20.4 Å². The van der Waals surface area contributed by atoms with Crippen LogP contribution in [0.15, 0.2) is 40.6 Å². The van der Waals surface area contributed by atoms with Gasteiger partial charge < -0.3 is 4.74 Å². The van der Waals surface area contributed by atoms with E-state index in [1.54, 1.807) is 0 Å². The second-order valence-corrected chi connectivity index (χ2v) is 5.22. The third kappa shape index (κ3) is 3.54. The van der Waals surface area contributed by atoms with Crippen LogP contribution >= 0.6 is 0 Å². The topological polar surface area (TPSA) is 49.2 Å². The summed E-state index contributed by atoms with van der Waals surface area (Å²) in [5.41, 5.74) is 3.19. The van der Waals surface area contributed by atoms with E-state index >= 15 is 0 Å². The molecular weight excluding hydrogens is 354 g/mol. The number of alkyl halides is 6. The Morgan fingerprint density at radius 1 is 1.16 bits per heavy atom. The average molecular weight is 364 g/mol. The zero-order valence-electron chi connectivity index (χ0n) is 12.5. The minimum Gasteiger partial charge on any atom is -0.406 e. The Labute approximate surface area is 137 Å². The molecule has 0 amide bonds. The Hall–Kier alpha value is -2.72. The summed E-state index contributed by atoms with van der Waals surface area (Å²) in [6.45, 7) is 1.50. The summed E-state index contributed by atoms with van der Waals surface area (Å²) in [5.74, 6) is -1.62. The summed E-state index contributed by atoms with van der Waals surface area (Å²) in [6.07, 6.45) is -7.50. The number of rotatable bonds is 2. The molecule has 0 fully saturated rings. The van der Waals surface area contributed by atoms with Crippen molar-refractivity contribution in [2.75, 3.05) is 0 Å². The number of halogens is 6. The highest BCUT2D eigenvalue weighted by molar-refractivity contribution is 6.11. The van der Waals surface area contributed by atoms with Crippen LogP contribution in [0.5, 0.6) is 5.75 Å². The molecule has 2 aliphatic heterocycles. The van der Waals surface area contributed by atoms with Gasteiger partial charge in [0.1, 0.15) is 5.75 Å². The highest BCUT2D eigenvalue weighted by Gasteiger charge is 2.46. The van der Waals surface area contributed by atoms with Crippen LogP contribution in [0.25, 0.3) is 0 Å². The van der Waals surface area contributed by atoms with Gasteiger partial charge in [0, 0.05) is 5.56 Å². The van der Waals surface area contributed by atoms with Crippen molar-refractivity contribution < 1.29 is 31.1 Å². The molecule has 5 nitrogen and oxygen atoms in total. The first kappa shape index (κ1) is 17.1.